The number of rotatable bonds is 7. The third kappa shape index (κ3) is 6.72. The first-order valence-corrected chi connectivity index (χ1v) is 10.9. The lowest BCUT2D eigenvalue weighted by Crippen LogP contribution is -2.14. The zero-order valence-corrected chi connectivity index (χ0v) is 19.0. The van der Waals surface area contributed by atoms with Crippen LogP contribution in [0.5, 0.6) is 0 Å². The van der Waals surface area contributed by atoms with Gasteiger partial charge in [0.1, 0.15) is 0 Å². The first-order chi connectivity index (χ1) is 15.5. The smallest absolute Gasteiger partial charge is 0.416 e. The van der Waals surface area contributed by atoms with Crippen LogP contribution in [0.25, 0.3) is 23.3 Å². The van der Waals surface area contributed by atoms with Gasteiger partial charge in [-0.1, -0.05) is 74.0 Å². The molecule has 3 aromatic rings. The first-order valence-electron chi connectivity index (χ1n) is 10.5. The molecule has 0 saturated heterocycles. The van der Waals surface area contributed by atoms with Crippen molar-refractivity contribution in [3.63, 3.8) is 0 Å². The van der Waals surface area contributed by atoms with Gasteiger partial charge in [-0.3, -0.25) is 4.79 Å². The van der Waals surface area contributed by atoms with Crippen molar-refractivity contribution in [3.05, 3.63) is 94.0 Å². The summed E-state index contributed by atoms with van der Waals surface area (Å²) >= 11 is 5.93. The number of hydrogen-bond donors (Lipinski definition) is 1. The van der Waals surface area contributed by atoms with Gasteiger partial charge in [-0.15, -0.1) is 0 Å². The number of hydrogen-bond acceptors (Lipinski definition) is 1. The molecule has 0 aromatic heterocycles. The van der Waals surface area contributed by atoms with Crippen LogP contribution in [0, 0.1) is 5.92 Å². The second kappa shape index (κ2) is 10.3. The third-order valence-corrected chi connectivity index (χ3v) is 5.52. The molecule has 33 heavy (non-hydrogen) atoms. The van der Waals surface area contributed by atoms with E-state index in [2.05, 4.69) is 0 Å². The first kappa shape index (κ1) is 24.6. The summed E-state index contributed by atoms with van der Waals surface area (Å²) in [6.45, 7) is 3.91. The molecule has 172 valence electrons. The number of carboxylic acid groups (broad SMARTS) is 1. The van der Waals surface area contributed by atoms with Gasteiger partial charge >= 0.3 is 12.1 Å². The molecule has 1 unspecified atom stereocenters. The highest BCUT2D eigenvalue weighted by Gasteiger charge is 2.30. The summed E-state index contributed by atoms with van der Waals surface area (Å²) in [6.07, 6.45) is -0.233. The number of aliphatic carboxylic acids is 1. The molecule has 0 radical (unpaired) electrons. The Morgan fingerprint density at radius 2 is 1.52 bits per heavy atom. The van der Waals surface area contributed by atoms with E-state index < -0.39 is 23.6 Å². The van der Waals surface area contributed by atoms with Gasteiger partial charge in [-0.05, 0) is 70.5 Å². The van der Waals surface area contributed by atoms with E-state index in [0.29, 0.717) is 28.1 Å². The van der Waals surface area contributed by atoms with E-state index in [9.17, 15) is 23.1 Å². The standard InChI is InChI=1S/C27H24ClF3O2/c1-17(2)13-25(26(32)33)22-15-19(4-3-18-5-11-24(28)12-6-18)14-21(16-22)20-7-9-23(10-8-20)27(29,30)31/h3-12,14-17,25H,13H2,1-2H3,(H,32,33)/b4-3+. The molecule has 1 atom stereocenters. The lowest BCUT2D eigenvalue weighted by atomic mass is 9.87. The summed E-state index contributed by atoms with van der Waals surface area (Å²) in [5.41, 5.74) is 2.80. The summed E-state index contributed by atoms with van der Waals surface area (Å²) in [5, 5.41) is 10.5. The molecule has 0 amide bonds. The Hall–Kier alpha value is -3.05. The van der Waals surface area contributed by atoms with Crippen molar-refractivity contribution in [2.24, 2.45) is 5.92 Å². The number of carboxylic acids is 1. The zero-order chi connectivity index (χ0) is 24.2. The summed E-state index contributed by atoms with van der Waals surface area (Å²) in [7, 11) is 0. The average Bonchev–Trinajstić information content (AvgIpc) is 2.76. The van der Waals surface area contributed by atoms with Crippen LogP contribution in [-0.4, -0.2) is 11.1 Å². The molecule has 1 N–H and O–H groups in total. The van der Waals surface area contributed by atoms with Gasteiger partial charge in [-0.2, -0.15) is 13.2 Å². The van der Waals surface area contributed by atoms with E-state index in [4.69, 9.17) is 11.6 Å². The van der Waals surface area contributed by atoms with Crippen LogP contribution < -0.4 is 0 Å². The van der Waals surface area contributed by atoms with Crippen LogP contribution >= 0.6 is 11.6 Å². The van der Waals surface area contributed by atoms with Crippen molar-refractivity contribution >= 4 is 29.7 Å². The topological polar surface area (TPSA) is 37.3 Å². The SMILES string of the molecule is CC(C)CC(C(=O)O)c1cc(/C=C/c2ccc(Cl)cc2)cc(-c2ccc(C(F)(F)F)cc2)c1. The third-order valence-electron chi connectivity index (χ3n) is 5.27. The van der Waals surface area contributed by atoms with Crippen molar-refractivity contribution < 1.29 is 23.1 Å². The van der Waals surface area contributed by atoms with E-state index in [-0.39, 0.29) is 5.92 Å². The Kier molecular flexibility index (Phi) is 7.65. The molecule has 3 aromatic carbocycles. The number of halogens is 4. The Morgan fingerprint density at radius 1 is 0.909 bits per heavy atom. The number of carbonyl (C=O) groups is 1. The highest BCUT2D eigenvalue weighted by Crippen LogP contribution is 2.34. The van der Waals surface area contributed by atoms with Crippen molar-refractivity contribution in [2.45, 2.75) is 32.4 Å². The Balaban J connectivity index is 2.06. The van der Waals surface area contributed by atoms with E-state index >= 15 is 0 Å². The van der Waals surface area contributed by atoms with Crippen molar-refractivity contribution in [3.8, 4) is 11.1 Å². The second-order valence-corrected chi connectivity index (χ2v) is 8.81. The van der Waals surface area contributed by atoms with Crippen LogP contribution in [0.1, 0.15) is 48.4 Å². The molecule has 0 fully saturated rings. The van der Waals surface area contributed by atoms with Gasteiger partial charge in [0.25, 0.3) is 0 Å². The summed E-state index contributed by atoms with van der Waals surface area (Å²) in [6, 6.07) is 17.6. The van der Waals surface area contributed by atoms with Crippen LogP contribution in [0.15, 0.2) is 66.7 Å². The quantitative estimate of drug-likeness (QED) is 0.350. The predicted molar refractivity (Wildman–Crippen MR) is 127 cm³/mol. The van der Waals surface area contributed by atoms with Crippen LogP contribution in [0.2, 0.25) is 5.02 Å². The molecule has 0 bridgehead atoms. The second-order valence-electron chi connectivity index (χ2n) is 8.37. The normalized spacial score (nSPS) is 12.9. The molecule has 6 heteroatoms. The van der Waals surface area contributed by atoms with E-state index in [0.717, 1.165) is 23.3 Å². The largest absolute Gasteiger partial charge is 0.481 e. The van der Waals surface area contributed by atoms with E-state index in [1.165, 1.54) is 12.1 Å². The lowest BCUT2D eigenvalue weighted by molar-refractivity contribution is -0.139. The molecule has 0 saturated carbocycles. The highest BCUT2D eigenvalue weighted by atomic mass is 35.5. The molecular weight excluding hydrogens is 449 g/mol. The summed E-state index contributed by atoms with van der Waals surface area (Å²) in [5.74, 6) is -1.49. The van der Waals surface area contributed by atoms with Gasteiger partial charge < -0.3 is 5.11 Å². The summed E-state index contributed by atoms with van der Waals surface area (Å²) in [4.78, 5) is 12.0. The molecule has 0 aliphatic carbocycles. The average molecular weight is 473 g/mol. The molecule has 0 aliphatic rings. The molecule has 2 nitrogen and oxygen atoms in total. The van der Waals surface area contributed by atoms with Crippen LogP contribution in [-0.2, 0) is 11.0 Å². The van der Waals surface area contributed by atoms with Crippen molar-refractivity contribution in [1.82, 2.24) is 0 Å². The fourth-order valence-corrected chi connectivity index (χ4v) is 3.74. The van der Waals surface area contributed by atoms with Crippen molar-refractivity contribution in [2.75, 3.05) is 0 Å². The Morgan fingerprint density at radius 3 is 2.06 bits per heavy atom. The maximum atomic E-state index is 13.0. The van der Waals surface area contributed by atoms with E-state index in [1.54, 1.807) is 18.2 Å². The van der Waals surface area contributed by atoms with Crippen LogP contribution in [0.4, 0.5) is 13.2 Å². The number of benzene rings is 3. The summed E-state index contributed by atoms with van der Waals surface area (Å²) < 4.78 is 38.9. The monoisotopic (exact) mass is 472 g/mol. The molecular formula is C27H24ClF3O2. The zero-order valence-electron chi connectivity index (χ0n) is 18.2. The minimum absolute atomic E-state index is 0.161. The minimum Gasteiger partial charge on any atom is -0.481 e. The molecule has 0 aliphatic heterocycles. The Bertz CT molecular complexity index is 1130. The molecule has 0 heterocycles. The van der Waals surface area contributed by atoms with Gasteiger partial charge in [-0.25, -0.2) is 0 Å². The van der Waals surface area contributed by atoms with Gasteiger partial charge in [0.05, 0.1) is 11.5 Å². The van der Waals surface area contributed by atoms with E-state index in [1.807, 2.05) is 50.3 Å². The predicted octanol–water partition coefficient (Wildman–Crippen LogP) is 8.41. The minimum atomic E-state index is -4.42. The van der Waals surface area contributed by atoms with Gasteiger partial charge in [0.2, 0.25) is 0 Å². The highest BCUT2D eigenvalue weighted by molar-refractivity contribution is 6.30. The lowest BCUT2D eigenvalue weighted by Gasteiger charge is -2.17. The maximum absolute atomic E-state index is 13.0. The number of alkyl halides is 3. The fourth-order valence-electron chi connectivity index (χ4n) is 3.61. The van der Waals surface area contributed by atoms with Gasteiger partial charge in [0.15, 0.2) is 0 Å². The molecule has 3 rings (SSSR count). The van der Waals surface area contributed by atoms with Crippen LogP contribution in [0.3, 0.4) is 0 Å². The van der Waals surface area contributed by atoms with Gasteiger partial charge in [0, 0.05) is 5.02 Å². The van der Waals surface area contributed by atoms with Crippen molar-refractivity contribution in [1.29, 1.82) is 0 Å². The Labute approximate surface area is 196 Å². The molecule has 0 spiro atoms. The maximum Gasteiger partial charge on any atom is 0.416 e. The fraction of sp³-hybridized carbons (Fsp3) is 0.222.